The van der Waals surface area contributed by atoms with E-state index < -0.39 is 12.0 Å². The number of pyridine rings is 1. The maximum Gasteiger partial charge on any atom is 0.257 e. The summed E-state index contributed by atoms with van der Waals surface area (Å²) in [6, 6.07) is 18.5. The van der Waals surface area contributed by atoms with Crippen LogP contribution in [0.4, 0.5) is 0 Å². The topological polar surface area (TPSA) is 83.8 Å². The number of carbonyl (C=O) groups is 1. The molecule has 37 heavy (non-hydrogen) atoms. The van der Waals surface area contributed by atoms with Gasteiger partial charge in [0.2, 0.25) is 5.43 Å². The highest BCUT2D eigenvalue weighted by Gasteiger charge is 2.31. The molecule has 2 N–H and O–H groups in total. The van der Waals surface area contributed by atoms with Gasteiger partial charge in [-0.1, -0.05) is 54.1 Å². The molecule has 0 radical (unpaired) electrons. The number of amides is 1. The largest absolute Gasteiger partial charge is 0.387 e. The first-order valence-corrected chi connectivity index (χ1v) is 13.3. The Kier molecular flexibility index (Phi) is 7.73. The van der Waals surface area contributed by atoms with Gasteiger partial charge >= 0.3 is 0 Å². The summed E-state index contributed by atoms with van der Waals surface area (Å²) in [5, 5.41) is 15.0. The van der Waals surface area contributed by atoms with Crippen LogP contribution >= 0.6 is 22.9 Å². The van der Waals surface area contributed by atoms with E-state index in [-0.39, 0.29) is 17.0 Å². The maximum atomic E-state index is 13.3. The van der Waals surface area contributed by atoms with E-state index in [9.17, 15) is 14.7 Å². The van der Waals surface area contributed by atoms with Gasteiger partial charge < -0.3 is 19.7 Å². The average Bonchev–Trinajstić information content (AvgIpc) is 3.35. The van der Waals surface area contributed by atoms with Gasteiger partial charge in [0.15, 0.2) is 0 Å². The highest BCUT2D eigenvalue weighted by molar-refractivity contribution is 7.18. The van der Waals surface area contributed by atoms with Gasteiger partial charge in [-0.05, 0) is 29.3 Å². The Morgan fingerprint density at radius 2 is 1.97 bits per heavy atom. The molecule has 1 amide bonds. The fourth-order valence-corrected chi connectivity index (χ4v) is 5.89. The van der Waals surface area contributed by atoms with E-state index in [1.54, 1.807) is 18.3 Å². The third-order valence-electron chi connectivity index (χ3n) is 6.65. The molecule has 0 saturated carbocycles. The third kappa shape index (κ3) is 5.63. The third-order valence-corrected chi connectivity index (χ3v) is 8.11. The van der Waals surface area contributed by atoms with Crippen molar-refractivity contribution >= 4 is 39.1 Å². The first-order valence-electron chi connectivity index (χ1n) is 12.1. The van der Waals surface area contributed by atoms with Crippen LogP contribution in [0.3, 0.4) is 0 Å². The number of ether oxygens (including phenoxy) is 1. The summed E-state index contributed by atoms with van der Waals surface area (Å²) >= 11 is 7.45. The van der Waals surface area contributed by atoms with E-state index >= 15 is 0 Å². The normalized spacial score (nSPS) is 17.1. The molecule has 0 bridgehead atoms. The predicted molar refractivity (Wildman–Crippen MR) is 146 cm³/mol. The van der Waals surface area contributed by atoms with Gasteiger partial charge in [-0.3, -0.25) is 14.5 Å². The van der Waals surface area contributed by atoms with Gasteiger partial charge in [0.05, 0.1) is 30.7 Å². The molecule has 3 heterocycles. The molecule has 1 aliphatic rings. The van der Waals surface area contributed by atoms with Crippen LogP contribution in [0.1, 0.15) is 32.5 Å². The minimum atomic E-state index is -0.682. The van der Waals surface area contributed by atoms with Crippen LogP contribution in [0.5, 0.6) is 0 Å². The lowest BCUT2D eigenvalue weighted by Crippen LogP contribution is -2.48. The van der Waals surface area contributed by atoms with Crippen LogP contribution in [0.15, 0.2) is 71.7 Å². The predicted octanol–water partition coefficient (Wildman–Crippen LogP) is 4.12. The Bertz CT molecular complexity index is 1450. The second-order valence-corrected chi connectivity index (χ2v) is 10.7. The number of hydrogen-bond acceptors (Lipinski definition) is 6. The number of fused-ring (bicyclic) bond motifs is 1. The first kappa shape index (κ1) is 25.6. The lowest BCUT2D eigenvalue weighted by molar-refractivity contribution is -0.0629. The van der Waals surface area contributed by atoms with Crippen molar-refractivity contribution in [2.75, 3.05) is 19.8 Å². The first-order chi connectivity index (χ1) is 17.9. The molecule has 2 atom stereocenters. The van der Waals surface area contributed by atoms with Crippen LogP contribution in [0.25, 0.3) is 10.2 Å². The lowest BCUT2D eigenvalue weighted by Gasteiger charge is -2.38. The average molecular weight is 538 g/mol. The summed E-state index contributed by atoms with van der Waals surface area (Å²) in [4.78, 5) is 30.2. The van der Waals surface area contributed by atoms with E-state index in [0.717, 1.165) is 20.8 Å². The van der Waals surface area contributed by atoms with Gasteiger partial charge in [0.25, 0.3) is 5.91 Å². The van der Waals surface area contributed by atoms with Gasteiger partial charge in [-0.25, -0.2) is 0 Å². The molecular formula is C28H28ClN3O4S. The Morgan fingerprint density at radius 3 is 2.73 bits per heavy atom. The van der Waals surface area contributed by atoms with Crippen LogP contribution in [0, 0.1) is 0 Å². The molecule has 0 spiro atoms. The Balaban J connectivity index is 1.36. The number of halogens is 1. The van der Waals surface area contributed by atoms with Crippen LogP contribution < -0.4 is 10.7 Å². The summed E-state index contributed by atoms with van der Waals surface area (Å²) in [5.74, 6) is -0.413. The van der Waals surface area contributed by atoms with Gasteiger partial charge in [0.1, 0.15) is 10.4 Å². The Hall–Kier alpha value is -3.01. The molecule has 1 aliphatic heterocycles. The fourth-order valence-electron chi connectivity index (χ4n) is 4.65. The fraction of sp³-hybridized carbons (Fsp3) is 0.286. The molecular weight excluding hydrogens is 510 g/mol. The summed E-state index contributed by atoms with van der Waals surface area (Å²) in [5.41, 5.74) is 1.57. The zero-order valence-corrected chi connectivity index (χ0v) is 22.0. The number of nitrogens with one attached hydrogen (secondary N) is 1. The van der Waals surface area contributed by atoms with Crippen molar-refractivity contribution in [2.24, 2.45) is 7.05 Å². The zero-order valence-electron chi connectivity index (χ0n) is 20.4. The molecule has 4 aromatic rings. The molecule has 9 heteroatoms. The zero-order chi connectivity index (χ0) is 25.9. The molecule has 2 aromatic carbocycles. The van der Waals surface area contributed by atoms with Crippen molar-refractivity contribution in [3.63, 3.8) is 0 Å². The summed E-state index contributed by atoms with van der Waals surface area (Å²) in [7, 11) is 1.84. The summed E-state index contributed by atoms with van der Waals surface area (Å²) in [6.07, 6.45) is 0.914. The number of rotatable bonds is 7. The van der Waals surface area contributed by atoms with Gasteiger partial charge in [-0.15, -0.1) is 11.3 Å². The molecule has 1 unspecified atom stereocenters. The number of carbonyl (C=O) groups excluding carboxylic acids is 1. The molecule has 5 rings (SSSR count). The molecule has 2 aromatic heterocycles. The van der Waals surface area contributed by atoms with Crippen molar-refractivity contribution in [2.45, 2.75) is 25.2 Å². The van der Waals surface area contributed by atoms with Crippen LogP contribution in [-0.2, 0) is 24.9 Å². The number of nitrogens with zero attached hydrogens (tertiary/aromatic N) is 2. The van der Waals surface area contributed by atoms with Crippen LogP contribution in [-0.4, -0.2) is 46.3 Å². The standard InChI is InChI=1S/C28H28ClN3O4S/c1-31-16-23(27(35)30-14-18-7-9-20(29)10-8-18)26(34)22-13-21(37-28(22)31)15-32-11-12-36-17-24(32)25(33)19-5-3-2-4-6-19/h2-10,13,16,24-25,33H,11-12,14-15,17H2,1H3,(H,30,35)/t24-,25?/m1/s1. The second-order valence-electron chi connectivity index (χ2n) is 9.19. The number of aryl methyl sites for hydroxylation is 1. The highest BCUT2D eigenvalue weighted by atomic mass is 35.5. The van der Waals surface area contributed by atoms with E-state index in [1.807, 2.05) is 60.1 Å². The minimum Gasteiger partial charge on any atom is -0.387 e. The van der Waals surface area contributed by atoms with Crippen molar-refractivity contribution in [1.82, 2.24) is 14.8 Å². The number of thiophene rings is 1. The van der Waals surface area contributed by atoms with E-state index in [0.29, 0.717) is 43.3 Å². The number of benzene rings is 2. The van der Waals surface area contributed by atoms with Crippen molar-refractivity contribution in [3.8, 4) is 0 Å². The van der Waals surface area contributed by atoms with Crippen molar-refractivity contribution in [1.29, 1.82) is 0 Å². The minimum absolute atomic E-state index is 0.108. The summed E-state index contributed by atoms with van der Waals surface area (Å²) in [6.45, 7) is 2.57. The molecule has 192 valence electrons. The van der Waals surface area contributed by atoms with Crippen molar-refractivity contribution < 1.29 is 14.6 Å². The van der Waals surface area contributed by atoms with Gasteiger partial charge in [-0.2, -0.15) is 0 Å². The van der Waals surface area contributed by atoms with E-state index in [1.165, 1.54) is 11.3 Å². The van der Waals surface area contributed by atoms with E-state index in [2.05, 4.69) is 10.2 Å². The molecule has 1 saturated heterocycles. The molecule has 1 fully saturated rings. The maximum absolute atomic E-state index is 13.3. The Morgan fingerprint density at radius 1 is 1.22 bits per heavy atom. The van der Waals surface area contributed by atoms with Crippen LogP contribution in [0.2, 0.25) is 5.02 Å². The van der Waals surface area contributed by atoms with Crippen molar-refractivity contribution in [3.05, 3.63) is 104 Å². The molecule has 0 aliphatic carbocycles. The lowest BCUT2D eigenvalue weighted by atomic mass is 10.0. The Labute approximate surface area is 223 Å². The van der Waals surface area contributed by atoms with Gasteiger partial charge in [0, 0.05) is 42.8 Å². The SMILES string of the molecule is Cn1cc(C(=O)NCc2ccc(Cl)cc2)c(=O)c2cc(CN3CCOC[C@@H]3C(O)c3ccccc3)sc21. The monoisotopic (exact) mass is 537 g/mol. The number of morpholine rings is 1. The van der Waals surface area contributed by atoms with E-state index in [4.69, 9.17) is 16.3 Å². The number of hydrogen-bond donors (Lipinski definition) is 2. The highest BCUT2D eigenvalue weighted by Crippen LogP contribution is 2.29. The quantitative estimate of drug-likeness (QED) is 0.370. The smallest absolute Gasteiger partial charge is 0.257 e. The number of aliphatic hydroxyl groups is 1. The molecule has 7 nitrogen and oxygen atoms in total. The number of aromatic nitrogens is 1. The second kappa shape index (κ2) is 11.2. The number of aliphatic hydroxyl groups excluding tert-OH is 1. The summed E-state index contributed by atoms with van der Waals surface area (Å²) < 4.78 is 7.52.